The molecule has 0 aliphatic carbocycles. The minimum absolute atomic E-state index is 0.212. The van der Waals surface area contributed by atoms with E-state index in [1.165, 1.54) is 5.56 Å². The van der Waals surface area contributed by atoms with Crippen molar-refractivity contribution >= 4 is 0 Å². The maximum atomic E-state index is 4.37. The summed E-state index contributed by atoms with van der Waals surface area (Å²) in [6, 6.07) is 0.212. The predicted octanol–water partition coefficient (Wildman–Crippen LogP) is 1.43. The second kappa shape index (κ2) is 4.23. The molecule has 1 aromatic rings. The van der Waals surface area contributed by atoms with Crippen molar-refractivity contribution in [2.24, 2.45) is 7.05 Å². The number of aromatic nitrogens is 2. The lowest BCUT2D eigenvalue weighted by Crippen LogP contribution is -2.14. The van der Waals surface area contributed by atoms with Gasteiger partial charge in [-0.2, -0.15) is 5.10 Å². The number of hydrogen-bond acceptors (Lipinski definition) is 2. The highest BCUT2D eigenvalue weighted by molar-refractivity contribution is 5.24. The molecule has 3 heteroatoms. The molecule has 1 N–H and O–H groups in total. The van der Waals surface area contributed by atoms with Crippen LogP contribution in [-0.4, -0.2) is 16.8 Å². The topological polar surface area (TPSA) is 29.9 Å². The van der Waals surface area contributed by atoms with E-state index < -0.39 is 0 Å². The van der Waals surface area contributed by atoms with Crippen LogP contribution in [0.25, 0.3) is 0 Å². The van der Waals surface area contributed by atoms with E-state index in [0.717, 1.165) is 12.1 Å². The van der Waals surface area contributed by atoms with Crippen LogP contribution < -0.4 is 5.32 Å². The normalized spacial score (nSPS) is 12.8. The molecule has 1 unspecified atom stereocenters. The summed E-state index contributed by atoms with van der Waals surface area (Å²) >= 11 is 0. The zero-order valence-corrected chi connectivity index (χ0v) is 8.54. The van der Waals surface area contributed by atoms with Gasteiger partial charge < -0.3 is 5.32 Å². The van der Waals surface area contributed by atoms with Gasteiger partial charge in [0, 0.05) is 18.8 Å². The van der Waals surface area contributed by atoms with E-state index in [0.29, 0.717) is 0 Å². The fraction of sp³-hybridized carbons (Fsp3) is 0.500. The van der Waals surface area contributed by atoms with Crippen molar-refractivity contribution in [2.45, 2.75) is 19.4 Å². The van der Waals surface area contributed by atoms with Gasteiger partial charge in [0.1, 0.15) is 0 Å². The van der Waals surface area contributed by atoms with E-state index in [4.69, 9.17) is 0 Å². The monoisotopic (exact) mass is 179 g/mol. The van der Waals surface area contributed by atoms with Gasteiger partial charge in [-0.05, 0) is 13.5 Å². The van der Waals surface area contributed by atoms with Crippen LogP contribution in [0.2, 0.25) is 0 Å². The summed E-state index contributed by atoms with van der Waals surface area (Å²) in [5, 5.41) is 7.56. The summed E-state index contributed by atoms with van der Waals surface area (Å²) in [6.07, 6.45) is 4.90. The number of nitrogens with one attached hydrogen (secondary N) is 1. The van der Waals surface area contributed by atoms with Crippen LogP contribution in [0.1, 0.15) is 24.2 Å². The third kappa shape index (κ3) is 1.98. The quantitative estimate of drug-likeness (QED) is 0.709. The maximum Gasteiger partial charge on any atom is 0.0672 e. The fourth-order valence-electron chi connectivity index (χ4n) is 1.49. The highest BCUT2D eigenvalue weighted by atomic mass is 15.3. The van der Waals surface area contributed by atoms with Gasteiger partial charge in [-0.15, -0.1) is 6.58 Å². The third-order valence-electron chi connectivity index (χ3n) is 2.15. The van der Waals surface area contributed by atoms with Crippen molar-refractivity contribution in [3.8, 4) is 0 Å². The highest BCUT2D eigenvalue weighted by Gasteiger charge is 2.12. The van der Waals surface area contributed by atoms with E-state index in [1.54, 1.807) is 0 Å². The van der Waals surface area contributed by atoms with Gasteiger partial charge in [0.25, 0.3) is 0 Å². The van der Waals surface area contributed by atoms with E-state index in [-0.39, 0.29) is 6.04 Å². The van der Waals surface area contributed by atoms with Crippen molar-refractivity contribution in [1.29, 1.82) is 0 Å². The number of nitrogens with zero attached hydrogens (tertiary/aromatic N) is 2. The Morgan fingerprint density at radius 3 is 2.92 bits per heavy atom. The van der Waals surface area contributed by atoms with Gasteiger partial charge in [0.05, 0.1) is 11.7 Å². The Hall–Kier alpha value is -1.09. The van der Waals surface area contributed by atoms with E-state index >= 15 is 0 Å². The first-order valence-corrected chi connectivity index (χ1v) is 4.55. The van der Waals surface area contributed by atoms with Crippen LogP contribution in [0, 0.1) is 0 Å². The van der Waals surface area contributed by atoms with Crippen molar-refractivity contribution in [3.63, 3.8) is 0 Å². The molecule has 0 aromatic carbocycles. The van der Waals surface area contributed by atoms with Gasteiger partial charge in [-0.3, -0.25) is 4.68 Å². The molecular formula is C10H17N3. The molecule has 1 heterocycles. The van der Waals surface area contributed by atoms with Crippen LogP contribution in [0.15, 0.2) is 18.9 Å². The molecule has 0 radical (unpaired) electrons. The lowest BCUT2D eigenvalue weighted by atomic mass is 10.1. The molecule has 0 saturated carbocycles. The Morgan fingerprint density at radius 1 is 1.77 bits per heavy atom. The number of likely N-dealkylation sites (N-methyl/N-ethyl adjacent to an activating group) is 1. The van der Waals surface area contributed by atoms with Gasteiger partial charge in [-0.25, -0.2) is 0 Å². The summed E-state index contributed by atoms with van der Waals surface area (Å²) in [5.41, 5.74) is 2.37. The van der Waals surface area contributed by atoms with E-state index in [1.807, 2.05) is 31.1 Å². The Kier molecular flexibility index (Phi) is 3.25. The molecular weight excluding hydrogens is 162 g/mol. The summed E-state index contributed by atoms with van der Waals surface area (Å²) in [6.45, 7) is 5.91. The minimum atomic E-state index is 0.212. The zero-order valence-electron chi connectivity index (χ0n) is 8.54. The van der Waals surface area contributed by atoms with Crippen LogP contribution in [0.3, 0.4) is 0 Å². The Morgan fingerprint density at radius 2 is 2.46 bits per heavy atom. The molecule has 0 bridgehead atoms. The third-order valence-corrected chi connectivity index (χ3v) is 2.15. The molecule has 0 aliphatic rings. The van der Waals surface area contributed by atoms with Gasteiger partial charge in [-0.1, -0.05) is 13.0 Å². The summed E-state index contributed by atoms with van der Waals surface area (Å²) < 4.78 is 1.85. The molecule has 13 heavy (non-hydrogen) atoms. The average molecular weight is 179 g/mol. The number of hydrogen-bond donors (Lipinski definition) is 1. The van der Waals surface area contributed by atoms with E-state index in [9.17, 15) is 0 Å². The molecule has 0 spiro atoms. The van der Waals surface area contributed by atoms with Gasteiger partial charge in [0.2, 0.25) is 0 Å². The van der Waals surface area contributed by atoms with Crippen LogP contribution in [-0.2, 0) is 13.5 Å². The fourth-order valence-corrected chi connectivity index (χ4v) is 1.49. The Labute approximate surface area is 79.5 Å². The first kappa shape index (κ1) is 9.99. The Bertz CT molecular complexity index is 288. The summed E-state index contributed by atoms with van der Waals surface area (Å²) in [4.78, 5) is 0. The molecule has 3 nitrogen and oxygen atoms in total. The molecule has 1 rings (SSSR count). The average Bonchev–Trinajstić information content (AvgIpc) is 2.49. The lowest BCUT2D eigenvalue weighted by Gasteiger charge is -2.09. The molecule has 72 valence electrons. The van der Waals surface area contributed by atoms with Gasteiger partial charge in [0.15, 0.2) is 0 Å². The number of rotatable bonds is 4. The maximum absolute atomic E-state index is 4.37. The summed E-state index contributed by atoms with van der Waals surface area (Å²) in [5.74, 6) is 0. The first-order chi connectivity index (χ1) is 6.22. The second-order valence-electron chi connectivity index (χ2n) is 3.06. The molecule has 1 atom stereocenters. The van der Waals surface area contributed by atoms with Crippen molar-refractivity contribution in [3.05, 3.63) is 30.1 Å². The Balaban J connectivity index is 3.02. The first-order valence-electron chi connectivity index (χ1n) is 4.55. The number of aryl methyl sites for hydroxylation is 2. The lowest BCUT2D eigenvalue weighted by molar-refractivity contribution is 0.707. The van der Waals surface area contributed by atoms with Crippen molar-refractivity contribution in [1.82, 2.24) is 15.1 Å². The minimum Gasteiger partial charge on any atom is -0.310 e. The molecule has 0 fully saturated rings. The smallest absolute Gasteiger partial charge is 0.0672 e. The van der Waals surface area contributed by atoms with Crippen LogP contribution >= 0.6 is 0 Å². The molecule has 0 amide bonds. The standard InChI is InChI=1S/C10H17N3/c1-5-9(11-3)8-7-13(4)12-10(8)6-2/h5,7,9,11H,1,6H2,2-4H3. The predicted molar refractivity (Wildman–Crippen MR) is 54.6 cm³/mol. The SMILES string of the molecule is C=CC(NC)c1cn(C)nc1CC. The van der Waals surface area contributed by atoms with Gasteiger partial charge >= 0.3 is 0 Å². The van der Waals surface area contributed by atoms with Crippen molar-refractivity contribution in [2.75, 3.05) is 7.05 Å². The van der Waals surface area contributed by atoms with E-state index in [2.05, 4.69) is 23.9 Å². The second-order valence-corrected chi connectivity index (χ2v) is 3.06. The summed E-state index contributed by atoms with van der Waals surface area (Å²) in [7, 11) is 3.87. The largest absolute Gasteiger partial charge is 0.310 e. The van der Waals surface area contributed by atoms with Crippen LogP contribution in [0.4, 0.5) is 0 Å². The highest BCUT2D eigenvalue weighted by Crippen LogP contribution is 2.17. The zero-order chi connectivity index (χ0) is 9.84. The molecule has 1 aromatic heterocycles. The van der Waals surface area contributed by atoms with Crippen LogP contribution in [0.5, 0.6) is 0 Å². The molecule has 0 saturated heterocycles. The van der Waals surface area contributed by atoms with Crippen molar-refractivity contribution < 1.29 is 0 Å². The molecule has 0 aliphatic heterocycles.